The summed E-state index contributed by atoms with van der Waals surface area (Å²) in [4.78, 5) is 32.5. The maximum atomic E-state index is 13.5. The van der Waals surface area contributed by atoms with Gasteiger partial charge in [0.1, 0.15) is 5.75 Å². The number of thioether (sulfide) groups is 1. The van der Waals surface area contributed by atoms with Gasteiger partial charge in [0.05, 0.1) is 28.5 Å². The number of hydrogen-bond acceptors (Lipinski definition) is 7. The van der Waals surface area contributed by atoms with E-state index in [1.807, 2.05) is 36.6 Å². The number of ether oxygens (including phenoxy) is 1. The van der Waals surface area contributed by atoms with Gasteiger partial charge >= 0.3 is 5.97 Å². The first kappa shape index (κ1) is 22.1. The summed E-state index contributed by atoms with van der Waals surface area (Å²) in [6.45, 7) is 3.75. The predicted molar refractivity (Wildman–Crippen MR) is 127 cm³/mol. The molecule has 6 nitrogen and oxygen atoms in total. The summed E-state index contributed by atoms with van der Waals surface area (Å²) in [6.07, 6.45) is 3.72. The number of rotatable bonds is 5. The molecule has 164 valence electrons. The number of aromatic nitrogens is 1. The van der Waals surface area contributed by atoms with Crippen molar-refractivity contribution in [1.29, 1.82) is 0 Å². The molecule has 3 aromatic rings. The van der Waals surface area contributed by atoms with E-state index in [-0.39, 0.29) is 17.9 Å². The van der Waals surface area contributed by atoms with E-state index >= 15 is 0 Å². The topological polar surface area (TPSA) is 80.9 Å². The Balaban J connectivity index is 1.94. The summed E-state index contributed by atoms with van der Waals surface area (Å²) >= 11 is 2.88. The molecule has 0 fully saturated rings. The Hall–Kier alpha value is -3.10. The molecule has 0 bridgehead atoms. The van der Waals surface area contributed by atoms with Crippen LogP contribution in [0.4, 0.5) is 0 Å². The molecule has 0 saturated carbocycles. The molecule has 32 heavy (non-hydrogen) atoms. The van der Waals surface area contributed by atoms with Crippen molar-refractivity contribution in [1.82, 2.24) is 4.57 Å². The van der Waals surface area contributed by atoms with Crippen molar-refractivity contribution < 1.29 is 14.6 Å². The molecule has 2 aromatic carbocycles. The quantitative estimate of drug-likeness (QED) is 0.461. The second-order valence-corrected chi connectivity index (χ2v) is 9.06. The zero-order chi connectivity index (χ0) is 22.8. The lowest BCUT2D eigenvalue weighted by molar-refractivity contribution is -0.139. The third-order valence-electron chi connectivity index (χ3n) is 5.12. The number of phenolic OH excluding ortho intramolecular Hbond substituents is 1. The van der Waals surface area contributed by atoms with E-state index in [4.69, 9.17) is 4.74 Å². The summed E-state index contributed by atoms with van der Waals surface area (Å²) in [5.74, 6) is -0.353. The Labute approximate surface area is 193 Å². The van der Waals surface area contributed by atoms with Gasteiger partial charge in [0, 0.05) is 4.90 Å². The molecule has 8 heteroatoms. The van der Waals surface area contributed by atoms with Crippen molar-refractivity contribution in [3.63, 3.8) is 0 Å². The van der Waals surface area contributed by atoms with Crippen LogP contribution in [-0.4, -0.2) is 28.5 Å². The molecule has 0 amide bonds. The van der Waals surface area contributed by atoms with Crippen LogP contribution in [0.1, 0.15) is 31.0 Å². The highest BCUT2D eigenvalue weighted by Crippen LogP contribution is 2.31. The number of nitrogens with zero attached hydrogens (tertiary/aromatic N) is 2. The largest absolute Gasteiger partial charge is 0.508 e. The minimum absolute atomic E-state index is 0.124. The second kappa shape index (κ2) is 9.18. The molecule has 4 rings (SSSR count). The zero-order valence-electron chi connectivity index (χ0n) is 17.9. The van der Waals surface area contributed by atoms with Crippen LogP contribution in [0.2, 0.25) is 0 Å². The molecule has 1 aliphatic rings. The summed E-state index contributed by atoms with van der Waals surface area (Å²) in [7, 11) is 0. The highest BCUT2D eigenvalue weighted by atomic mass is 32.2. The number of hydrogen-bond donors (Lipinski definition) is 1. The average Bonchev–Trinajstić information content (AvgIpc) is 3.07. The van der Waals surface area contributed by atoms with Gasteiger partial charge in [-0.1, -0.05) is 35.6 Å². The maximum absolute atomic E-state index is 13.5. The van der Waals surface area contributed by atoms with E-state index in [2.05, 4.69) is 4.99 Å². The number of aromatic hydroxyl groups is 1. The molecule has 0 spiro atoms. The standard InChI is InChI=1S/C24H22N2O4S2/c1-4-30-23(29)20-14(2)25-24-26(21(20)16-8-10-18(31-3)11-9-16)22(28)19(32-24)13-15-6-5-7-17(27)12-15/h5-13,21,27H,4H2,1-3H3/b19-13-/t21-/m1/s1. The Morgan fingerprint density at radius 3 is 2.69 bits per heavy atom. The number of phenols is 1. The molecule has 1 aromatic heterocycles. The number of esters is 1. The van der Waals surface area contributed by atoms with Crippen LogP contribution in [0.3, 0.4) is 0 Å². The van der Waals surface area contributed by atoms with E-state index in [0.717, 1.165) is 10.5 Å². The lowest BCUT2D eigenvalue weighted by Gasteiger charge is -2.24. The van der Waals surface area contributed by atoms with Crippen LogP contribution in [0.5, 0.6) is 5.75 Å². The van der Waals surface area contributed by atoms with Crippen molar-refractivity contribution in [2.75, 3.05) is 12.9 Å². The molecule has 1 aliphatic heterocycles. The summed E-state index contributed by atoms with van der Waals surface area (Å²) in [5, 5.41) is 9.76. The van der Waals surface area contributed by atoms with Crippen LogP contribution < -0.4 is 14.9 Å². The van der Waals surface area contributed by atoms with Gasteiger partial charge < -0.3 is 9.84 Å². The molecular formula is C24H22N2O4S2. The van der Waals surface area contributed by atoms with Crippen molar-refractivity contribution in [3.8, 4) is 5.75 Å². The van der Waals surface area contributed by atoms with Gasteiger partial charge in [-0.2, -0.15) is 0 Å². The molecule has 1 N–H and O–H groups in total. The second-order valence-electron chi connectivity index (χ2n) is 7.17. The first-order valence-electron chi connectivity index (χ1n) is 10.1. The van der Waals surface area contributed by atoms with Gasteiger partial charge in [-0.3, -0.25) is 9.36 Å². The molecule has 0 aliphatic carbocycles. The molecule has 0 unspecified atom stereocenters. The average molecular weight is 467 g/mol. The fraction of sp³-hybridized carbons (Fsp3) is 0.208. The van der Waals surface area contributed by atoms with E-state index in [1.54, 1.807) is 54.5 Å². The van der Waals surface area contributed by atoms with Gasteiger partial charge in [0.25, 0.3) is 5.56 Å². The van der Waals surface area contributed by atoms with Gasteiger partial charge in [0.2, 0.25) is 0 Å². The number of carbonyl (C=O) groups excluding carboxylic acids is 1. The number of fused-ring (bicyclic) bond motifs is 1. The lowest BCUT2D eigenvalue weighted by Crippen LogP contribution is -2.39. The fourth-order valence-corrected chi connectivity index (χ4v) is 5.11. The minimum Gasteiger partial charge on any atom is -0.508 e. The smallest absolute Gasteiger partial charge is 0.338 e. The first-order chi connectivity index (χ1) is 15.4. The third kappa shape index (κ3) is 4.16. The summed E-state index contributed by atoms with van der Waals surface area (Å²) in [5.41, 5.74) is 2.17. The number of allylic oxidation sites excluding steroid dienone is 1. The normalized spacial score (nSPS) is 16.0. The highest BCUT2D eigenvalue weighted by molar-refractivity contribution is 7.98. The molecule has 1 atom stereocenters. The third-order valence-corrected chi connectivity index (χ3v) is 6.84. The van der Waals surface area contributed by atoms with Crippen LogP contribution in [0, 0.1) is 0 Å². The van der Waals surface area contributed by atoms with Gasteiger partial charge in [-0.15, -0.1) is 11.8 Å². The Bertz CT molecular complexity index is 1380. The predicted octanol–water partition coefficient (Wildman–Crippen LogP) is 3.23. The van der Waals surface area contributed by atoms with E-state index in [9.17, 15) is 14.7 Å². The summed E-state index contributed by atoms with van der Waals surface area (Å²) in [6, 6.07) is 13.9. The molecule has 2 heterocycles. The first-order valence-corrected chi connectivity index (χ1v) is 12.1. The molecule has 0 saturated heterocycles. The van der Waals surface area contributed by atoms with Crippen LogP contribution in [0.15, 0.2) is 74.5 Å². The Kier molecular flexibility index (Phi) is 6.34. The number of benzene rings is 2. The Morgan fingerprint density at radius 2 is 2.03 bits per heavy atom. The monoisotopic (exact) mass is 466 g/mol. The van der Waals surface area contributed by atoms with E-state index in [1.165, 1.54) is 11.3 Å². The van der Waals surface area contributed by atoms with E-state index in [0.29, 0.717) is 26.2 Å². The summed E-state index contributed by atoms with van der Waals surface area (Å²) < 4.78 is 7.34. The van der Waals surface area contributed by atoms with Crippen LogP contribution in [0.25, 0.3) is 6.08 Å². The van der Waals surface area contributed by atoms with Gasteiger partial charge in [-0.25, -0.2) is 9.79 Å². The highest BCUT2D eigenvalue weighted by Gasteiger charge is 2.33. The Morgan fingerprint density at radius 1 is 1.28 bits per heavy atom. The van der Waals surface area contributed by atoms with Crippen molar-refractivity contribution in [3.05, 3.63) is 90.6 Å². The SMILES string of the molecule is CCOC(=O)C1=C(C)N=c2s/c(=C\c3cccc(O)c3)c(=O)n2[C@@H]1c1ccc(SC)cc1. The maximum Gasteiger partial charge on any atom is 0.338 e. The minimum atomic E-state index is -0.632. The van der Waals surface area contributed by atoms with Gasteiger partial charge in [-0.05, 0) is 61.6 Å². The fourth-order valence-electron chi connectivity index (χ4n) is 3.66. The number of thiazole rings is 1. The van der Waals surface area contributed by atoms with Crippen molar-refractivity contribution in [2.45, 2.75) is 24.8 Å². The van der Waals surface area contributed by atoms with Crippen LogP contribution >= 0.6 is 23.1 Å². The van der Waals surface area contributed by atoms with Crippen molar-refractivity contribution >= 4 is 35.1 Å². The van der Waals surface area contributed by atoms with Crippen molar-refractivity contribution in [2.24, 2.45) is 4.99 Å². The number of carbonyl (C=O) groups is 1. The molecule has 0 radical (unpaired) electrons. The van der Waals surface area contributed by atoms with E-state index < -0.39 is 12.0 Å². The van der Waals surface area contributed by atoms with Gasteiger partial charge in [0.15, 0.2) is 4.80 Å². The zero-order valence-corrected chi connectivity index (χ0v) is 19.5. The lowest BCUT2D eigenvalue weighted by atomic mass is 9.96. The molecular weight excluding hydrogens is 444 g/mol. The van der Waals surface area contributed by atoms with Crippen LogP contribution in [-0.2, 0) is 9.53 Å².